The summed E-state index contributed by atoms with van der Waals surface area (Å²) in [5.41, 5.74) is 0. The molecule has 0 aromatic carbocycles. The molecule has 0 bridgehead atoms. The van der Waals surface area contributed by atoms with Crippen molar-refractivity contribution in [2.75, 3.05) is 0 Å². The third-order valence-corrected chi connectivity index (χ3v) is 0.575. The van der Waals surface area contributed by atoms with Gasteiger partial charge >= 0.3 is 0 Å². The number of carbonyl (C=O) groups is 1. The number of rotatable bonds is 3. The van der Waals surface area contributed by atoms with Crippen LogP contribution in [0.1, 0.15) is 13.3 Å². The Morgan fingerprint density at radius 2 is 2.38 bits per heavy atom. The molecule has 0 heterocycles. The maximum Gasteiger partial charge on any atom is 0.142 e. The molecule has 0 amide bonds. The third kappa shape index (κ3) is 3.36. The summed E-state index contributed by atoms with van der Waals surface area (Å²) >= 11 is 0. The average molecular weight is 116 g/mol. The number of hydrogen-bond acceptors (Lipinski definition) is 3. The summed E-state index contributed by atoms with van der Waals surface area (Å²) in [5.74, 6) is 0.00144. The number of hydrogen-bond donors (Lipinski definition) is 1. The van der Waals surface area contributed by atoms with Crippen molar-refractivity contribution < 1.29 is 14.9 Å². The summed E-state index contributed by atoms with van der Waals surface area (Å²) < 4.78 is 0. The lowest BCUT2D eigenvalue weighted by atomic mass is 10.3. The molecule has 0 aromatic rings. The molecule has 3 nitrogen and oxygen atoms in total. The molecule has 0 unspecified atom stereocenters. The number of Topliss-reactive ketones (excluding diaryl/α,β-unsaturated/α-hetero) is 1. The van der Waals surface area contributed by atoms with Crippen LogP contribution in [0.15, 0.2) is 12.3 Å². The SMILES string of the molecule is C=C(CC(C)=O)OO. The molecule has 0 aromatic heterocycles. The highest BCUT2D eigenvalue weighted by Gasteiger charge is 1.96. The molecule has 0 aliphatic rings. The fourth-order valence-electron chi connectivity index (χ4n) is 0.310. The monoisotopic (exact) mass is 116 g/mol. The summed E-state index contributed by atoms with van der Waals surface area (Å²) in [5, 5.41) is 7.83. The van der Waals surface area contributed by atoms with Crippen LogP contribution in [0, 0.1) is 0 Å². The summed E-state index contributed by atoms with van der Waals surface area (Å²) in [6.45, 7) is 4.61. The van der Waals surface area contributed by atoms with E-state index in [1.165, 1.54) is 6.92 Å². The Bertz CT molecular complexity index is 106. The smallest absolute Gasteiger partial charge is 0.142 e. The molecule has 0 radical (unpaired) electrons. The fraction of sp³-hybridized carbons (Fsp3) is 0.400. The van der Waals surface area contributed by atoms with Crippen LogP contribution < -0.4 is 0 Å². The van der Waals surface area contributed by atoms with E-state index in [9.17, 15) is 4.79 Å². The highest BCUT2D eigenvalue weighted by atomic mass is 17.1. The normalized spacial score (nSPS) is 8.25. The highest BCUT2D eigenvalue weighted by Crippen LogP contribution is 1.96. The van der Waals surface area contributed by atoms with Gasteiger partial charge in [-0.15, -0.1) is 0 Å². The number of carbonyl (C=O) groups excluding carboxylic acids is 1. The van der Waals surface area contributed by atoms with E-state index >= 15 is 0 Å². The van der Waals surface area contributed by atoms with Crippen LogP contribution >= 0.6 is 0 Å². The van der Waals surface area contributed by atoms with Crippen LogP contribution in [0.5, 0.6) is 0 Å². The molecular formula is C5H8O3. The van der Waals surface area contributed by atoms with Crippen LogP contribution in [-0.4, -0.2) is 11.0 Å². The van der Waals surface area contributed by atoms with E-state index in [0.29, 0.717) is 0 Å². The van der Waals surface area contributed by atoms with Crippen molar-refractivity contribution in [3.05, 3.63) is 12.3 Å². The van der Waals surface area contributed by atoms with E-state index in [1.54, 1.807) is 0 Å². The van der Waals surface area contributed by atoms with Crippen molar-refractivity contribution in [2.24, 2.45) is 0 Å². The number of allylic oxidation sites excluding steroid dienone is 1. The predicted octanol–water partition coefficient (Wildman–Crippen LogP) is 0.969. The zero-order valence-corrected chi connectivity index (χ0v) is 4.68. The first-order valence-corrected chi connectivity index (χ1v) is 2.15. The van der Waals surface area contributed by atoms with Crippen LogP contribution in [0.2, 0.25) is 0 Å². The second kappa shape index (κ2) is 3.21. The standard InChI is InChI=1S/C5H8O3/c1-4(6)3-5(2)8-7/h7H,2-3H2,1H3. The van der Waals surface area contributed by atoms with E-state index in [1.807, 2.05) is 0 Å². The maximum absolute atomic E-state index is 10.2. The van der Waals surface area contributed by atoms with Gasteiger partial charge < -0.3 is 4.89 Å². The minimum atomic E-state index is -0.0796. The molecule has 0 rings (SSSR count). The quantitative estimate of drug-likeness (QED) is 0.339. The second-order valence-electron chi connectivity index (χ2n) is 1.51. The largest absolute Gasteiger partial charge is 0.345 e. The lowest BCUT2D eigenvalue weighted by molar-refractivity contribution is -0.205. The fourth-order valence-corrected chi connectivity index (χ4v) is 0.310. The molecule has 0 saturated heterocycles. The van der Waals surface area contributed by atoms with Gasteiger partial charge in [0, 0.05) is 0 Å². The lowest BCUT2D eigenvalue weighted by Crippen LogP contribution is -1.93. The maximum atomic E-state index is 10.2. The Morgan fingerprint density at radius 3 is 2.50 bits per heavy atom. The van der Waals surface area contributed by atoms with Crippen LogP contribution in [0.25, 0.3) is 0 Å². The van der Waals surface area contributed by atoms with E-state index < -0.39 is 0 Å². The van der Waals surface area contributed by atoms with Crippen molar-refractivity contribution in [3.63, 3.8) is 0 Å². The van der Waals surface area contributed by atoms with Crippen LogP contribution in [0.3, 0.4) is 0 Å². The predicted molar refractivity (Wildman–Crippen MR) is 28.2 cm³/mol. The van der Waals surface area contributed by atoms with E-state index in [2.05, 4.69) is 11.5 Å². The zero-order chi connectivity index (χ0) is 6.57. The molecule has 0 aliphatic carbocycles. The van der Waals surface area contributed by atoms with Gasteiger partial charge in [-0.25, -0.2) is 5.26 Å². The van der Waals surface area contributed by atoms with Gasteiger partial charge in [0.05, 0.1) is 6.42 Å². The summed E-state index contributed by atoms with van der Waals surface area (Å²) in [6, 6.07) is 0. The Hall–Kier alpha value is -0.830. The summed E-state index contributed by atoms with van der Waals surface area (Å²) in [6.07, 6.45) is 0.0799. The van der Waals surface area contributed by atoms with Gasteiger partial charge in [-0.2, -0.15) is 0 Å². The molecule has 8 heavy (non-hydrogen) atoms. The van der Waals surface area contributed by atoms with Crippen molar-refractivity contribution in [3.8, 4) is 0 Å². The van der Waals surface area contributed by atoms with Crippen LogP contribution in [0.4, 0.5) is 0 Å². The molecule has 1 N–H and O–H groups in total. The molecule has 0 saturated carbocycles. The first-order valence-electron chi connectivity index (χ1n) is 2.15. The molecule has 0 fully saturated rings. The van der Waals surface area contributed by atoms with E-state index in [-0.39, 0.29) is 18.0 Å². The number of ketones is 1. The van der Waals surface area contributed by atoms with Crippen molar-refractivity contribution >= 4 is 5.78 Å². The second-order valence-corrected chi connectivity index (χ2v) is 1.51. The van der Waals surface area contributed by atoms with Crippen molar-refractivity contribution in [1.82, 2.24) is 0 Å². The summed E-state index contributed by atoms with van der Waals surface area (Å²) in [4.78, 5) is 13.8. The lowest BCUT2D eigenvalue weighted by Gasteiger charge is -1.94. The Morgan fingerprint density at radius 1 is 1.88 bits per heavy atom. The first-order chi connectivity index (χ1) is 3.66. The van der Waals surface area contributed by atoms with Gasteiger partial charge in [0.2, 0.25) is 0 Å². The Labute approximate surface area is 47.5 Å². The van der Waals surface area contributed by atoms with Crippen molar-refractivity contribution in [2.45, 2.75) is 13.3 Å². The third-order valence-electron chi connectivity index (χ3n) is 0.575. The minimum Gasteiger partial charge on any atom is -0.345 e. The molecule has 0 atom stereocenters. The highest BCUT2D eigenvalue weighted by molar-refractivity contribution is 5.77. The van der Waals surface area contributed by atoms with Gasteiger partial charge in [-0.05, 0) is 6.92 Å². The first kappa shape index (κ1) is 7.17. The molecule has 0 spiro atoms. The van der Waals surface area contributed by atoms with Crippen LogP contribution in [-0.2, 0) is 9.68 Å². The van der Waals surface area contributed by atoms with Gasteiger partial charge in [0.25, 0.3) is 0 Å². The molecular weight excluding hydrogens is 108 g/mol. The minimum absolute atomic E-state index is 0.0796. The molecule has 46 valence electrons. The van der Waals surface area contributed by atoms with Gasteiger partial charge in [-0.1, -0.05) is 6.58 Å². The van der Waals surface area contributed by atoms with Gasteiger partial charge in [0.1, 0.15) is 11.5 Å². The van der Waals surface area contributed by atoms with E-state index in [4.69, 9.17) is 5.26 Å². The Kier molecular flexibility index (Phi) is 2.88. The molecule has 0 aliphatic heterocycles. The van der Waals surface area contributed by atoms with Crippen molar-refractivity contribution in [1.29, 1.82) is 0 Å². The topological polar surface area (TPSA) is 46.5 Å². The average Bonchev–Trinajstić information content (AvgIpc) is 1.65. The van der Waals surface area contributed by atoms with E-state index in [0.717, 1.165) is 0 Å². The van der Waals surface area contributed by atoms with Gasteiger partial charge in [0.15, 0.2) is 0 Å². The van der Waals surface area contributed by atoms with Gasteiger partial charge in [-0.3, -0.25) is 4.79 Å². The Balaban J connectivity index is 3.40. The zero-order valence-electron chi connectivity index (χ0n) is 4.68. The molecule has 3 heteroatoms. The summed E-state index contributed by atoms with van der Waals surface area (Å²) in [7, 11) is 0.